The summed E-state index contributed by atoms with van der Waals surface area (Å²) in [4.78, 5) is 7.12. The zero-order valence-electron chi connectivity index (χ0n) is 16.0. The number of benzene rings is 2. The maximum atomic E-state index is 12.6. The molecule has 0 aliphatic carbocycles. The van der Waals surface area contributed by atoms with Crippen LogP contribution < -0.4 is 14.4 Å². The van der Waals surface area contributed by atoms with Gasteiger partial charge in [0.2, 0.25) is 5.88 Å². The van der Waals surface area contributed by atoms with Gasteiger partial charge in [0.1, 0.15) is 5.75 Å². The number of ether oxygens (including phenoxy) is 1. The van der Waals surface area contributed by atoms with Crippen LogP contribution in [0.1, 0.15) is 11.1 Å². The van der Waals surface area contributed by atoms with Crippen molar-refractivity contribution >= 4 is 17.6 Å². The summed E-state index contributed by atoms with van der Waals surface area (Å²) in [5.41, 5.74) is 1.93. The second-order valence-electron chi connectivity index (χ2n) is 6.82. The molecule has 0 spiro atoms. The maximum Gasteiger partial charge on any atom is 0.417 e. The Morgan fingerprint density at radius 2 is 1.83 bits per heavy atom. The number of hydrogen-bond acceptors (Lipinski definition) is 5. The van der Waals surface area contributed by atoms with E-state index in [0.29, 0.717) is 5.75 Å². The van der Waals surface area contributed by atoms with Crippen LogP contribution in [-0.4, -0.2) is 24.6 Å². The summed E-state index contributed by atoms with van der Waals surface area (Å²) >= 11 is 1.53. The third kappa shape index (κ3) is 5.06. The van der Waals surface area contributed by atoms with E-state index in [4.69, 9.17) is 4.74 Å². The number of pyridine rings is 1. The Balaban J connectivity index is 1.23. The molecule has 0 bridgehead atoms. The third-order valence-electron chi connectivity index (χ3n) is 4.77. The average molecular weight is 431 g/mol. The van der Waals surface area contributed by atoms with Crippen molar-refractivity contribution in [1.82, 2.24) is 9.71 Å². The van der Waals surface area contributed by atoms with Crippen molar-refractivity contribution in [3.8, 4) is 11.6 Å². The topological polar surface area (TPSA) is 37.4 Å². The van der Waals surface area contributed by atoms with Crippen LogP contribution in [0.2, 0.25) is 0 Å². The fourth-order valence-corrected chi connectivity index (χ4v) is 3.89. The molecule has 4 rings (SSSR count). The van der Waals surface area contributed by atoms with Gasteiger partial charge in [-0.1, -0.05) is 18.2 Å². The fourth-order valence-electron chi connectivity index (χ4n) is 3.26. The first-order chi connectivity index (χ1) is 14.5. The molecule has 3 aromatic rings. The number of halogens is 3. The minimum atomic E-state index is -4.41. The predicted molar refractivity (Wildman–Crippen MR) is 112 cm³/mol. The highest BCUT2D eigenvalue weighted by Gasteiger charge is 2.30. The zero-order chi connectivity index (χ0) is 21.0. The number of alkyl halides is 3. The lowest BCUT2D eigenvalue weighted by atomic mass is 10.2. The Labute approximate surface area is 177 Å². The number of anilines is 1. The molecule has 0 amide bonds. The first-order valence-corrected chi connectivity index (χ1v) is 10.3. The Hall–Kier alpha value is -2.71. The third-order valence-corrected chi connectivity index (χ3v) is 5.62. The van der Waals surface area contributed by atoms with Crippen molar-refractivity contribution in [3.05, 3.63) is 78.0 Å². The van der Waals surface area contributed by atoms with Crippen LogP contribution in [0.25, 0.3) is 0 Å². The van der Waals surface area contributed by atoms with Gasteiger partial charge in [-0.15, -0.1) is 0 Å². The second kappa shape index (κ2) is 8.97. The largest absolute Gasteiger partial charge is 0.439 e. The molecule has 0 saturated heterocycles. The molecule has 1 aliphatic rings. The lowest BCUT2D eigenvalue weighted by Crippen LogP contribution is -2.28. The number of hydrogen-bond donors (Lipinski definition) is 1. The van der Waals surface area contributed by atoms with Crippen molar-refractivity contribution in [2.45, 2.75) is 17.5 Å². The minimum Gasteiger partial charge on any atom is -0.439 e. The van der Waals surface area contributed by atoms with E-state index in [2.05, 4.69) is 38.9 Å². The summed E-state index contributed by atoms with van der Waals surface area (Å²) in [5, 5.41) is 0. The van der Waals surface area contributed by atoms with E-state index in [1.54, 1.807) is 12.1 Å². The van der Waals surface area contributed by atoms with Gasteiger partial charge in [-0.3, -0.25) is 4.72 Å². The van der Waals surface area contributed by atoms with Crippen LogP contribution in [0.15, 0.2) is 71.8 Å². The van der Waals surface area contributed by atoms with Crippen molar-refractivity contribution < 1.29 is 17.9 Å². The van der Waals surface area contributed by atoms with Gasteiger partial charge in [0, 0.05) is 42.5 Å². The molecule has 0 saturated carbocycles. The van der Waals surface area contributed by atoms with Crippen LogP contribution in [-0.2, 0) is 12.6 Å². The van der Waals surface area contributed by atoms with Crippen LogP contribution in [0.5, 0.6) is 11.6 Å². The normalized spacial score (nSPS) is 13.4. The molecule has 0 unspecified atom stereocenters. The highest BCUT2D eigenvalue weighted by Crippen LogP contribution is 2.30. The molecule has 156 valence electrons. The first kappa shape index (κ1) is 20.6. The van der Waals surface area contributed by atoms with E-state index >= 15 is 0 Å². The molecule has 0 fully saturated rings. The quantitative estimate of drug-likeness (QED) is 0.392. The molecular formula is C22H20F3N3OS. The maximum absolute atomic E-state index is 12.6. The molecule has 8 heteroatoms. The summed E-state index contributed by atoms with van der Waals surface area (Å²) < 4.78 is 46.6. The molecule has 1 aliphatic heterocycles. The fraction of sp³-hybridized carbons (Fsp3) is 0.227. The molecule has 2 aromatic carbocycles. The minimum absolute atomic E-state index is 0.118. The SMILES string of the molecule is FC(F)(F)c1ccc(Oc2ccc(SNCCN3CCc4ccccc43)cc2)nc1. The van der Waals surface area contributed by atoms with Gasteiger partial charge < -0.3 is 9.64 Å². The monoisotopic (exact) mass is 431 g/mol. The second-order valence-corrected chi connectivity index (χ2v) is 7.78. The van der Waals surface area contributed by atoms with Crippen LogP contribution >= 0.6 is 11.9 Å². The number of nitrogens with zero attached hydrogens (tertiary/aromatic N) is 2. The predicted octanol–water partition coefficient (Wildman–Crippen LogP) is 5.55. The number of rotatable bonds is 7. The van der Waals surface area contributed by atoms with Crippen molar-refractivity contribution in [1.29, 1.82) is 0 Å². The molecule has 2 heterocycles. The summed E-state index contributed by atoms with van der Waals surface area (Å²) in [6.45, 7) is 2.83. The zero-order valence-corrected chi connectivity index (χ0v) is 16.8. The average Bonchev–Trinajstić information content (AvgIpc) is 3.15. The Morgan fingerprint density at radius 3 is 2.57 bits per heavy atom. The van der Waals surface area contributed by atoms with E-state index in [1.807, 2.05) is 12.1 Å². The molecule has 30 heavy (non-hydrogen) atoms. The van der Waals surface area contributed by atoms with E-state index < -0.39 is 11.7 Å². The van der Waals surface area contributed by atoms with Crippen LogP contribution in [0.3, 0.4) is 0 Å². The molecule has 1 aromatic heterocycles. The molecule has 1 N–H and O–H groups in total. The van der Waals surface area contributed by atoms with Gasteiger partial charge in [0.25, 0.3) is 0 Å². The summed E-state index contributed by atoms with van der Waals surface area (Å²) in [5.74, 6) is 0.632. The summed E-state index contributed by atoms with van der Waals surface area (Å²) in [6, 6.07) is 18.0. The van der Waals surface area contributed by atoms with Gasteiger partial charge in [0.05, 0.1) is 5.56 Å². The molecule has 0 radical (unpaired) electrons. The molecule has 4 nitrogen and oxygen atoms in total. The van der Waals surface area contributed by atoms with E-state index in [1.165, 1.54) is 29.3 Å². The Morgan fingerprint density at radius 1 is 1.03 bits per heavy atom. The lowest BCUT2D eigenvalue weighted by molar-refractivity contribution is -0.137. The number of para-hydroxylation sites is 1. The van der Waals surface area contributed by atoms with E-state index in [0.717, 1.165) is 43.2 Å². The Bertz CT molecular complexity index is 978. The molecule has 0 atom stereocenters. The smallest absolute Gasteiger partial charge is 0.417 e. The first-order valence-electron chi connectivity index (χ1n) is 9.53. The number of aromatic nitrogens is 1. The highest BCUT2D eigenvalue weighted by molar-refractivity contribution is 7.97. The van der Waals surface area contributed by atoms with Crippen molar-refractivity contribution in [2.24, 2.45) is 0 Å². The van der Waals surface area contributed by atoms with E-state index in [9.17, 15) is 13.2 Å². The summed E-state index contributed by atoms with van der Waals surface area (Å²) in [7, 11) is 0. The lowest BCUT2D eigenvalue weighted by Gasteiger charge is -2.19. The number of nitrogens with one attached hydrogen (secondary N) is 1. The summed E-state index contributed by atoms with van der Waals surface area (Å²) in [6.07, 6.45) is -2.55. The van der Waals surface area contributed by atoms with Gasteiger partial charge >= 0.3 is 6.18 Å². The van der Waals surface area contributed by atoms with Gasteiger partial charge in [-0.25, -0.2) is 4.98 Å². The van der Waals surface area contributed by atoms with Crippen molar-refractivity contribution in [2.75, 3.05) is 24.5 Å². The number of fused-ring (bicyclic) bond motifs is 1. The van der Waals surface area contributed by atoms with Gasteiger partial charge in [-0.05, 0) is 60.3 Å². The molecular weight excluding hydrogens is 411 g/mol. The van der Waals surface area contributed by atoms with Crippen molar-refractivity contribution in [3.63, 3.8) is 0 Å². The van der Waals surface area contributed by atoms with Crippen LogP contribution in [0.4, 0.5) is 18.9 Å². The van der Waals surface area contributed by atoms with E-state index in [-0.39, 0.29) is 5.88 Å². The standard InChI is InChI=1S/C22H20F3N3OS/c23-22(24,25)17-5-10-21(26-15-17)29-18-6-8-19(9-7-18)30-27-12-14-28-13-11-16-3-1-2-4-20(16)28/h1-10,15,27H,11-14H2. The Kier molecular flexibility index (Phi) is 6.15. The highest BCUT2D eigenvalue weighted by atomic mass is 32.2. The van der Waals surface area contributed by atoms with Crippen LogP contribution in [0, 0.1) is 0 Å². The van der Waals surface area contributed by atoms with Gasteiger partial charge in [0.15, 0.2) is 0 Å². The van der Waals surface area contributed by atoms with Gasteiger partial charge in [-0.2, -0.15) is 13.2 Å².